The predicted molar refractivity (Wildman–Crippen MR) is 110 cm³/mol. The van der Waals surface area contributed by atoms with Gasteiger partial charge in [0.2, 0.25) is 5.91 Å². The van der Waals surface area contributed by atoms with E-state index in [1.165, 1.54) is 10.4 Å². The van der Waals surface area contributed by atoms with Gasteiger partial charge < -0.3 is 10.2 Å². The lowest BCUT2D eigenvalue weighted by molar-refractivity contribution is -0.132. The summed E-state index contributed by atoms with van der Waals surface area (Å²) in [4.78, 5) is 29.6. The highest BCUT2D eigenvalue weighted by Crippen LogP contribution is 2.39. The number of halogens is 1. The zero-order chi connectivity index (χ0) is 18.8. The van der Waals surface area contributed by atoms with Gasteiger partial charge in [-0.3, -0.25) is 9.59 Å². The first-order chi connectivity index (χ1) is 13.1. The SMILES string of the molecule is O=C(NCC(=O)N1CCc2sccc2[C@@H]1c1cccs1)c1ccccc1Cl. The van der Waals surface area contributed by atoms with Gasteiger partial charge in [0.05, 0.1) is 23.2 Å². The van der Waals surface area contributed by atoms with Crippen LogP contribution >= 0.6 is 34.3 Å². The third kappa shape index (κ3) is 3.65. The van der Waals surface area contributed by atoms with Crippen molar-refractivity contribution in [2.24, 2.45) is 0 Å². The van der Waals surface area contributed by atoms with Gasteiger partial charge in [-0.15, -0.1) is 22.7 Å². The molecule has 2 amide bonds. The lowest BCUT2D eigenvalue weighted by atomic mass is 9.98. The van der Waals surface area contributed by atoms with Gasteiger partial charge in [0.1, 0.15) is 0 Å². The van der Waals surface area contributed by atoms with Crippen LogP contribution in [0.1, 0.15) is 31.7 Å². The molecule has 2 aromatic heterocycles. The Morgan fingerprint density at radius 3 is 2.74 bits per heavy atom. The second-order valence-corrected chi connectivity index (χ2v) is 8.60. The molecule has 0 spiro atoms. The maximum atomic E-state index is 12.9. The number of nitrogens with one attached hydrogen (secondary N) is 1. The Labute approximate surface area is 170 Å². The van der Waals surface area contributed by atoms with Gasteiger partial charge in [-0.25, -0.2) is 0 Å². The van der Waals surface area contributed by atoms with Crippen molar-refractivity contribution in [2.75, 3.05) is 13.1 Å². The largest absolute Gasteiger partial charge is 0.343 e. The van der Waals surface area contributed by atoms with Crippen LogP contribution in [0.2, 0.25) is 5.02 Å². The number of hydrogen-bond acceptors (Lipinski definition) is 4. The van der Waals surface area contributed by atoms with Gasteiger partial charge in [0.25, 0.3) is 5.91 Å². The Hall–Kier alpha value is -2.15. The molecule has 0 saturated carbocycles. The summed E-state index contributed by atoms with van der Waals surface area (Å²) in [7, 11) is 0. The number of benzene rings is 1. The molecule has 3 heterocycles. The number of hydrogen-bond donors (Lipinski definition) is 1. The molecule has 4 nitrogen and oxygen atoms in total. The zero-order valence-electron chi connectivity index (χ0n) is 14.4. The Bertz CT molecular complexity index is 968. The molecule has 0 aliphatic carbocycles. The highest BCUT2D eigenvalue weighted by molar-refractivity contribution is 7.10. The van der Waals surface area contributed by atoms with Crippen LogP contribution in [-0.4, -0.2) is 29.8 Å². The van der Waals surface area contributed by atoms with E-state index in [-0.39, 0.29) is 24.4 Å². The molecule has 1 atom stereocenters. The van der Waals surface area contributed by atoms with Gasteiger partial charge in [0.15, 0.2) is 0 Å². The minimum absolute atomic E-state index is 0.0502. The van der Waals surface area contributed by atoms with Crippen LogP contribution in [0, 0.1) is 0 Å². The first-order valence-corrected chi connectivity index (χ1v) is 10.7. The number of carbonyl (C=O) groups excluding carboxylic acids is 2. The molecule has 4 rings (SSSR count). The molecule has 0 unspecified atom stereocenters. The van der Waals surface area contributed by atoms with E-state index in [2.05, 4.69) is 22.8 Å². The molecule has 0 radical (unpaired) electrons. The predicted octanol–water partition coefficient (Wildman–Crippen LogP) is 4.37. The molecule has 3 aromatic rings. The van der Waals surface area contributed by atoms with Gasteiger partial charge in [0, 0.05) is 16.3 Å². The van der Waals surface area contributed by atoms with Crippen LogP contribution in [0.25, 0.3) is 0 Å². The molecule has 0 bridgehead atoms. The van der Waals surface area contributed by atoms with Crippen LogP contribution < -0.4 is 5.32 Å². The van der Waals surface area contributed by atoms with Gasteiger partial charge in [-0.2, -0.15) is 0 Å². The van der Waals surface area contributed by atoms with E-state index in [0.29, 0.717) is 17.1 Å². The fourth-order valence-corrected chi connectivity index (χ4v) is 5.32. The Morgan fingerprint density at radius 1 is 1.11 bits per heavy atom. The summed E-state index contributed by atoms with van der Waals surface area (Å²) in [6, 6.07) is 12.9. The van der Waals surface area contributed by atoms with Crippen molar-refractivity contribution in [3.8, 4) is 0 Å². The molecule has 1 N–H and O–H groups in total. The van der Waals surface area contributed by atoms with Gasteiger partial charge in [-0.1, -0.05) is 29.8 Å². The van der Waals surface area contributed by atoms with Crippen molar-refractivity contribution in [1.29, 1.82) is 0 Å². The average molecular weight is 417 g/mol. The van der Waals surface area contributed by atoms with Gasteiger partial charge in [-0.05, 0) is 47.0 Å². The molecule has 0 saturated heterocycles. The van der Waals surface area contributed by atoms with Crippen LogP contribution in [0.15, 0.2) is 53.2 Å². The summed E-state index contributed by atoms with van der Waals surface area (Å²) in [6.45, 7) is 0.599. The van der Waals surface area contributed by atoms with E-state index in [0.717, 1.165) is 11.3 Å². The molecule has 0 fully saturated rings. The normalized spacial score (nSPS) is 16.0. The minimum atomic E-state index is -0.338. The van der Waals surface area contributed by atoms with Crippen LogP contribution in [0.5, 0.6) is 0 Å². The van der Waals surface area contributed by atoms with Crippen molar-refractivity contribution in [3.05, 3.63) is 79.1 Å². The molecule has 1 aliphatic heterocycles. The van der Waals surface area contributed by atoms with Crippen molar-refractivity contribution in [2.45, 2.75) is 12.5 Å². The fraction of sp³-hybridized carbons (Fsp3) is 0.200. The number of carbonyl (C=O) groups is 2. The Morgan fingerprint density at radius 2 is 1.96 bits per heavy atom. The van der Waals surface area contributed by atoms with Gasteiger partial charge >= 0.3 is 0 Å². The maximum absolute atomic E-state index is 12.9. The molecule has 1 aliphatic rings. The number of amides is 2. The van der Waals surface area contributed by atoms with Crippen LogP contribution in [0.4, 0.5) is 0 Å². The number of fused-ring (bicyclic) bond motifs is 1. The van der Waals surface area contributed by atoms with E-state index in [4.69, 9.17) is 11.6 Å². The summed E-state index contributed by atoms with van der Waals surface area (Å²) >= 11 is 9.45. The lowest BCUT2D eigenvalue weighted by Crippen LogP contribution is -2.45. The topological polar surface area (TPSA) is 49.4 Å². The van der Waals surface area contributed by atoms with Crippen molar-refractivity contribution in [1.82, 2.24) is 10.2 Å². The summed E-state index contributed by atoms with van der Waals surface area (Å²) in [5, 5.41) is 7.19. The molecule has 7 heteroatoms. The zero-order valence-corrected chi connectivity index (χ0v) is 16.7. The van der Waals surface area contributed by atoms with Crippen LogP contribution in [-0.2, 0) is 11.2 Å². The fourth-order valence-electron chi connectivity index (χ4n) is 3.34. The van der Waals surface area contributed by atoms with Crippen LogP contribution in [0.3, 0.4) is 0 Å². The van der Waals surface area contributed by atoms with Crippen molar-refractivity contribution >= 4 is 46.1 Å². The van der Waals surface area contributed by atoms with Crippen molar-refractivity contribution < 1.29 is 9.59 Å². The molecule has 27 heavy (non-hydrogen) atoms. The molecular weight excluding hydrogens is 400 g/mol. The number of rotatable bonds is 4. The third-order valence-corrected chi connectivity index (χ3v) is 6.87. The number of thiophene rings is 2. The Balaban J connectivity index is 1.51. The first kappa shape index (κ1) is 18.2. The highest BCUT2D eigenvalue weighted by Gasteiger charge is 2.33. The quantitative estimate of drug-likeness (QED) is 0.686. The van der Waals surface area contributed by atoms with E-state index < -0.39 is 0 Å². The van der Waals surface area contributed by atoms with E-state index in [1.54, 1.807) is 46.9 Å². The van der Waals surface area contributed by atoms with Crippen molar-refractivity contribution in [3.63, 3.8) is 0 Å². The summed E-state index contributed by atoms with van der Waals surface area (Å²) in [6.07, 6.45) is 0.846. The maximum Gasteiger partial charge on any atom is 0.253 e. The van der Waals surface area contributed by atoms with E-state index in [9.17, 15) is 9.59 Å². The van der Waals surface area contributed by atoms with E-state index >= 15 is 0 Å². The monoisotopic (exact) mass is 416 g/mol. The molecule has 138 valence electrons. The highest BCUT2D eigenvalue weighted by atomic mass is 35.5. The standard InChI is InChI=1S/C20H17ClN2O2S2/c21-15-5-2-1-4-13(15)20(25)22-12-18(24)23-9-7-16-14(8-11-27-16)19(23)17-6-3-10-26-17/h1-6,8,10-11,19H,7,9,12H2,(H,22,25)/t19-/m1/s1. The summed E-state index contributed by atoms with van der Waals surface area (Å²) in [5.74, 6) is -0.430. The van der Waals surface area contributed by atoms with E-state index in [1.807, 2.05) is 16.3 Å². The average Bonchev–Trinajstić information content (AvgIpc) is 3.37. The smallest absolute Gasteiger partial charge is 0.253 e. The second kappa shape index (κ2) is 7.84. The first-order valence-electron chi connectivity index (χ1n) is 8.57. The number of nitrogens with zero attached hydrogens (tertiary/aromatic N) is 1. The minimum Gasteiger partial charge on any atom is -0.343 e. The third-order valence-electron chi connectivity index (χ3n) is 4.62. The molecule has 1 aromatic carbocycles. The summed E-state index contributed by atoms with van der Waals surface area (Å²) in [5.41, 5.74) is 1.57. The summed E-state index contributed by atoms with van der Waals surface area (Å²) < 4.78 is 0. The second-order valence-electron chi connectivity index (χ2n) is 6.22. The Kier molecular flexibility index (Phi) is 5.29. The lowest BCUT2D eigenvalue weighted by Gasteiger charge is -2.35. The molecular formula is C20H17ClN2O2S2.